The first kappa shape index (κ1) is 18.0. The van der Waals surface area contributed by atoms with Crippen LogP contribution in [0.2, 0.25) is 0 Å². The van der Waals surface area contributed by atoms with Crippen LogP contribution in [0.5, 0.6) is 5.75 Å². The molecule has 5 nitrogen and oxygen atoms in total. The van der Waals surface area contributed by atoms with Crippen LogP contribution in [0.4, 0.5) is 5.69 Å². The summed E-state index contributed by atoms with van der Waals surface area (Å²) in [6.45, 7) is 2.10. The lowest BCUT2D eigenvalue weighted by atomic mass is 10.1. The van der Waals surface area contributed by atoms with Crippen LogP contribution >= 0.6 is 0 Å². The lowest BCUT2D eigenvalue weighted by Crippen LogP contribution is -2.33. The Hall–Kier alpha value is -2.82. The summed E-state index contributed by atoms with van der Waals surface area (Å²) in [6.07, 6.45) is 2.51. The molecule has 2 amide bonds. The van der Waals surface area contributed by atoms with E-state index in [1.807, 2.05) is 53.4 Å². The Morgan fingerprint density at radius 1 is 1.04 bits per heavy atom. The lowest BCUT2D eigenvalue weighted by Gasteiger charge is -2.23. The number of benzene rings is 2. The third-order valence-corrected chi connectivity index (χ3v) is 4.45. The molecule has 1 aliphatic carbocycles. The minimum absolute atomic E-state index is 0.103. The highest BCUT2D eigenvalue weighted by molar-refractivity contribution is 5.88. The predicted octanol–water partition coefficient (Wildman–Crippen LogP) is 3.39. The molecule has 0 unspecified atom stereocenters. The number of hydrogen-bond acceptors (Lipinski definition) is 3. The lowest BCUT2D eigenvalue weighted by molar-refractivity contribution is -0.131. The molecule has 0 heterocycles. The molecule has 0 spiro atoms. The second-order valence-electron chi connectivity index (χ2n) is 6.66. The minimum Gasteiger partial charge on any atom is -0.497 e. The van der Waals surface area contributed by atoms with Gasteiger partial charge in [0, 0.05) is 25.2 Å². The van der Waals surface area contributed by atoms with Crippen molar-refractivity contribution in [2.75, 3.05) is 12.4 Å². The average molecular weight is 352 g/mol. The molecular formula is C21H24N2O3. The molecule has 5 heteroatoms. The monoisotopic (exact) mass is 352 g/mol. The molecule has 0 aromatic heterocycles. The van der Waals surface area contributed by atoms with E-state index in [1.54, 1.807) is 7.11 Å². The van der Waals surface area contributed by atoms with Crippen molar-refractivity contribution in [1.82, 2.24) is 4.90 Å². The SMILES string of the molecule is COc1ccc(CN(C(=O)Cc2ccc(NC(C)=O)cc2)C2CC2)cc1. The van der Waals surface area contributed by atoms with Crippen molar-refractivity contribution in [2.45, 2.75) is 38.8 Å². The smallest absolute Gasteiger partial charge is 0.227 e. The molecule has 136 valence electrons. The number of carbonyl (C=O) groups is 2. The highest BCUT2D eigenvalue weighted by Crippen LogP contribution is 2.29. The van der Waals surface area contributed by atoms with Gasteiger partial charge in [0.05, 0.1) is 13.5 Å². The number of ether oxygens (including phenoxy) is 1. The normalized spacial score (nSPS) is 13.2. The molecule has 3 rings (SSSR count). The molecule has 0 aliphatic heterocycles. The molecule has 2 aromatic rings. The van der Waals surface area contributed by atoms with Crippen molar-refractivity contribution in [3.05, 3.63) is 59.7 Å². The number of amides is 2. The van der Waals surface area contributed by atoms with Crippen molar-refractivity contribution >= 4 is 17.5 Å². The van der Waals surface area contributed by atoms with E-state index in [-0.39, 0.29) is 11.8 Å². The number of nitrogens with one attached hydrogen (secondary N) is 1. The highest BCUT2D eigenvalue weighted by Gasteiger charge is 2.32. The van der Waals surface area contributed by atoms with Gasteiger partial charge in [0.25, 0.3) is 0 Å². The number of anilines is 1. The van der Waals surface area contributed by atoms with Gasteiger partial charge in [-0.2, -0.15) is 0 Å². The van der Waals surface area contributed by atoms with Crippen molar-refractivity contribution in [3.8, 4) is 5.75 Å². The van der Waals surface area contributed by atoms with Gasteiger partial charge in [0.1, 0.15) is 5.75 Å². The maximum Gasteiger partial charge on any atom is 0.227 e. The first-order valence-electron chi connectivity index (χ1n) is 8.84. The zero-order chi connectivity index (χ0) is 18.5. The van der Waals surface area contributed by atoms with Crippen molar-refractivity contribution < 1.29 is 14.3 Å². The van der Waals surface area contributed by atoms with Crippen LogP contribution < -0.4 is 10.1 Å². The van der Waals surface area contributed by atoms with E-state index in [0.29, 0.717) is 19.0 Å². The Labute approximate surface area is 154 Å². The third kappa shape index (κ3) is 4.85. The summed E-state index contributed by atoms with van der Waals surface area (Å²) < 4.78 is 5.19. The summed E-state index contributed by atoms with van der Waals surface area (Å²) in [4.78, 5) is 25.9. The van der Waals surface area contributed by atoms with Crippen molar-refractivity contribution in [1.29, 1.82) is 0 Å². The largest absolute Gasteiger partial charge is 0.497 e. The fourth-order valence-electron chi connectivity index (χ4n) is 2.92. The van der Waals surface area contributed by atoms with Gasteiger partial charge in [-0.3, -0.25) is 9.59 Å². The van der Waals surface area contributed by atoms with Crippen molar-refractivity contribution in [2.24, 2.45) is 0 Å². The Morgan fingerprint density at radius 2 is 1.65 bits per heavy atom. The maximum absolute atomic E-state index is 12.8. The maximum atomic E-state index is 12.8. The highest BCUT2D eigenvalue weighted by atomic mass is 16.5. The first-order chi connectivity index (χ1) is 12.5. The van der Waals surface area contributed by atoms with Crippen molar-refractivity contribution in [3.63, 3.8) is 0 Å². The molecule has 0 bridgehead atoms. The standard InChI is InChI=1S/C21H24N2O3/c1-15(24)22-18-7-3-16(4-8-18)13-21(25)23(19-9-10-19)14-17-5-11-20(26-2)12-6-17/h3-8,11-12,19H,9-10,13-14H2,1-2H3,(H,22,24). The molecule has 1 fully saturated rings. The van der Waals surface area contributed by atoms with E-state index in [9.17, 15) is 9.59 Å². The van der Waals surface area contributed by atoms with Crippen LogP contribution in [0, 0.1) is 0 Å². The Morgan fingerprint density at radius 3 is 2.19 bits per heavy atom. The van der Waals surface area contributed by atoms with Gasteiger partial charge in [-0.25, -0.2) is 0 Å². The minimum atomic E-state index is -0.103. The van der Waals surface area contributed by atoms with Gasteiger partial charge in [-0.1, -0.05) is 24.3 Å². The molecular weight excluding hydrogens is 328 g/mol. The first-order valence-corrected chi connectivity index (χ1v) is 8.84. The average Bonchev–Trinajstić information content (AvgIpc) is 3.46. The number of hydrogen-bond donors (Lipinski definition) is 1. The van der Waals surface area contributed by atoms with Gasteiger partial charge >= 0.3 is 0 Å². The van der Waals surface area contributed by atoms with Gasteiger partial charge in [0.15, 0.2) is 0 Å². The van der Waals surface area contributed by atoms with Crippen LogP contribution in [0.1, 0.15) is 30.9 Å². The molecule has 0 atom stereocenters. The van der Waals surface area contributed by atoms with Crippen LogP contribution in [-0.4, -0.2) is 29.9 Å². The molecule has 26 heavy (non-hydrogen) atoms. The van der Waals surface area contributed by atoms with E-state index in [1.165, 1.54) is 6.92 Å². The summed E-state index contributed by atoms with van der Waals surface area (Å²) in [5, 5.41) is 2.73. The number of methoxy groups -OCH3 is 1. The Bertz CT molecular complexity index is 765. The quantitative estimate of drug-likeness (QED) is 0.831. The van der Waals surface area contributed by atoms with Gasteiger partial charge < -0.3 is 15.0 Å². The number of nitrogens with zero attached hydrogens (tertiary/aromatic N) is 1. The summed E-state index contributed by atoms with van der Waals surface area (Å²) in [5.74, 6) is 0.848. The topological polar surface area (TPSA) is 58.6 Å². The van der Waals surface area contributed by atoms with Crippen LogP contribution in [0.25, 0.3) is 0 Å². The second kappa shape index (κ2) is 8.04. The summed E-state index contributed by atoms with van der Waals surface area (Å²) in [6, 6.07) is 15.6. The van der Waals surface area contributed by atoms with E-state index in [0.717, 1.165) is 35.4 Å². The molecule has 1 aliphatic rings. The molecule has 0 radical (unpaired) electrons. The molecule has 2 aromatic carbocycles. The van der Waals surface area contributed by atoms with E-state index >= 15 is 0 Å². The summed E-state index contributed by atoms with van der Waals surface area (Å²) in [5.41, 5.74) is 2.79. The number of rotatable bonds is 7. The fourth-order valence-corrected chi connectivity index (χ4v) is 2.92. The summed E-state index contributed by atoms with van der Waals surface area (Å²) in [7, 11) is 1.65. The fraction of sp³-hybridized carbons (Fsp3) is 0.333. The molecule has 1 N–H and O–H groups in total. The Kier molecular flexibility index (Phi) is 5.56. The second-order valence-corrected chi connectivity index (χ2v) is 6.66. The van der Waals surface area contributed by atoms with Gasteiger partial charge in [-0.15, -0.1) is 0 Å². The molecule has 0 saturated heterocycles. The number of carbonyl (C=O) groups excluding carboxylic acids is 2. The zero-order valence-corrected chi connectivity index (χ0v) is 15.2. The molecule has 1 saturated carbocycles. The van der Waals surface area contributed by atoms with Gasteiger partial charge in [0.2, 0.25) is 11.8 Å². The Balaban J connectivity index is 1.64. The summed E-state index contributed by atoms with van der Waals surface area (Å²) >= 11 is 0. The van der Waals surface area contributed by atoms with E-state index in [4.69, 9.17) is 4.74 Å². The zero-order valence-electron chi connectivity index (χ0n) is 15.2. The van der Waals surface area contributed by atoms with Gasteiger partial charge in [-0.05, 0) is 48.2 Å². The van der Waals surface area contributed by atoms with Crippen LogP contribution in [0.15, 0.2) is 48.5 Å². The van der Waals surface area contributed by atoms with Crippen LogP contribution in [0.3, 0.4) is 0 Å². The van der Waals surface area contributed by atoms with Crippen LogP contribution in [-0.2, 0) is 22.6 Å². The van der Waals surface area contributed by atoms with E-state index in [2.05, 4.69) is 5.32 Å². The predicted molar refractivity (Wildman–Crippen MR) is 101 cm³/mol. The van der Waals surface area contributed by atoms with E-state index < -0.39 is 0 Å². The third-order valence-electron chi connectivity index (χ3n) is 4.45.